The number of allylic oxidation sites excluding steroid dienone is 4. The molecule has 0 saturated carbocycles. The fourth-order valence-electron chi connectivity index (χ4n) is 1.91. The Morgan fingerprint density at radius 2 is 1.78 bits per heavy atom. The smallest absolute Gasteiger partial charge is 0.123 e. The molecule has 0 aromatic heterocycles. The molecule has 0 aliphatic rings. The van der Waals surface area contributed by atoms with E-state index >= 15 is 0 Å². The molecule has 0 aliphatic carbocycles. The van der Waals surface area contributed by atoms with Gasteiger partial charge in [-0.1, -0.05) is 18.6 Å². The zero-order valence-electron chi connectivity index (χ0n) is 11.5. The predicted octanol–water partition coefficient (Wildman–Crippen LogP) is 4.16. The van der Waals surface area contributed by atoms with Crippen LogP contribution in [0.25, 0.3) is 0 Å². The summed E-state index contributed by atoms with van der Waals surface area (Å²) in [7, 11) is 0. The normalized spacial score (nSPS) is 11.9. The second kappa shape index (κ2) is 6.36. The van der Waals surface area contributed by atoms with Gasteiger partial charge < -0.3 is 0 Å². The molecule has 2 N–H and O–H groups in total. The van der Waals surface area contributed by atoms with Crippen molar-refractivity contribution in [3.8, 4) is 0 Å². The Kier molecular flexibility index (Phi) is 5.10. The number of rotatable bonds is 4. The van der Waals surface area contributed by atoms with E-state index in [0.717, 1.165) is 23.4 Å². The van der Waals surface area contributed by atoms with Crippen LogP contribution in [0.1, 0.15) is 34.1 Å². The van der Waals surface area contributed by atoms with Gasteiger partial charge in [0.25, 0.3) is 0 Å². The van der Waals surface area contributed by atoms with Crippen LogP contribution in [-0.4, -0.2) is 0 Å². The molecule has 0 bridgehead atoms. The average molecular weight is 248 g/mol. The first-order valence-electron chi connectivity index (χ1n) is 6.10. The maximum absolute atomic E-state index is 12.9. The molecule has 0 spiro atoms. The van der Waals surface area contributed by atoms with E-state index in [4.69, 9.17) is 5.84 Å². The molecule has 1 aromatic rings. The molecule has 1 rings (SSSR count). The molecule has 1 aromatic carbocycles. The zero-order valence-corrected chi connectivity index (χ0v) is 11.5. The van der Waals surface area contributed by atoms with E-state index in [1.54, 1.807) is 17.1 Å². The van der Waals surface area contributed by atoms with Crippen molar-refractivity contribution in [1.82, 2.24) is 0 Å². The highest BCUT2D eigenvalue weighted by atomic mass is 19.1. The minimum atomic E-state index is -0.254. The van der Waals surface area contributed by atoms with Gasteiger partial charge in [-0.15, -0.1) is 0 Å². The summed E-state index contributed by atoms with van der Waals surface area (Å²) >= 11 is 0. The summed E-state index contributed by atoms with van der Waals surface area (Å²) in [6.07, 6.45) is 2.92. The van der Waals surface area contributed by atoms with Crippen molar-refractivity contribution in [2.24, 2.45) is 5.84 Å². The number of benzene rings is 1. The Labute approximate surface area is 109 Å². The third-order valence-electron chi connectivity index (χ3n) is 2.69. The average Bonchev–Trinajstić information content (AvgIpc) is 2.29. The summed E-state index contributed by atoms with van der Waals surface area (Å²) < 4.78 is 12.9. The Hall–Kier alpha value is -1.61. The molecule has 0 amide bonds. The molecule has 0 saturated heterocycles. The minimum Gasteiger partial charge on any atom is -0.284 e. The van der Waals surface area contributed by atoms with Crippen molar-refractivity contribution in [2.75, 3.05) is 5.01 Å². The Balaban J connectivity index is 3.09. The summed E-state index contributed by atoms with van der Waals surface area (Å²) in [6.45, 7) is 8.20. The van der Waals surface area contributed by atoms with Gasteiger partial charge in [-0.2, -0.15) is 0 Å². The lowest BCUT2D eigenvalue weighted by molar-refractivity contribution is 0.627. The van der Waals surface area contributed by atoms with Crippen LogP contribution in [0.2, 0.25) is 0 Å². The number of nitrogens with two attached hydrogens (primary N) is 1. The van der Waals surface area contributed by atoms with Crippen molar-refractivity contribution in [3.05, 3.63) is 53.0 Å². The number of halogens is 1. The van der Waals surface area contributed by atoms with Crippen LogP contribution < -0.4 is 10.9 Å². The molecule has 3 heteroatoms. The van der Waals surface area contributed by atoms with Gasteiger partial charge in [0.2, 0.25) is 0 Å². The second-order valence-electron chi connectivity index (χ2n) is 4.55. The highest BCUT2D eigenvalue weighted by Crippen LogP contribution is 2.21. The Morgan fingerprint density at radius 1 is 1.22 bits per heavy atom. The lowest BCUT2D eigenvalue weighted by atomic mass is 10.1. The Bertz CT molecular complexity index is 454. The molecule has 0 radical (unpaired) electrons. The standard InChI is InChI=1S/C15H21FN2/c1-5-15(12(4)10-11(2)3)18(17)14-8-6-13(16)7-9-14/h6-10H,5,17H2,1-4H3/b15-12+. The highest BCUT2D eigenvalue weighted by Gasteiger charge is 2.08. The molecule has 18 heavy (non-hydrogen) atoms. The molecule has 0 aliphatic heterocycles. The van der Waals surface area contributed by atoms with Crippen LogP contribution in [0.15, 0.2) is 47.2 Å². The van der Waals surface area contributed by atoms with Gasteiger partial charge in [0, 0.05) is 5.70 Å². The van der Waals surface area contributed by atoms with Gasteiger partial charge in [-0.05, 0) is 57.0 Å². The van der Waals surface area contributed by atoms with Crippen LogP contribution in [0.4, 0.5) is 10.1 Å². The van der Waals surface area contributed by atoms with Gasteiger partial charge in [0.1, 0.15) is 5.82 Å². The van der Waals surface area contributed by atoms with Crippen molar-refractivity contribution in [3.63, 3.8) is 0 Å². The van der Waals surface area contributed by atoms with E-state index in [9.17, 15) is 4.39 Å². The van der Waals surface area contributed by atoms with Crippen molar-refractivity contribution in [2.45, 2.75) is 34.1 Å². The predicted molar refractivity (Wildman–Crippen MR) is 75.5 cm³/mol. The van der Waals surface area contributed by atoms with Crippen molar-refractivity contribution >= 4 is 5.69 Å². The first-order chi connectivity index (χ1) is 8.45. The molecule has 2 nitrogen and oxygen atoms in total. The third-order valence-corrected chi connectivity index (χ3v) is 2.69. The summed E-state index contributed by atoms with van der Waals surface area (Å²) in [5.74, 6) is 5.85. The summed E-state index contributed by atoms with van der Waals surface area (Å²) in [4.78, 5) is 0. The van der Waals surface area contributed by atoms with Crippen LogP contribution in [0.5, 0.6) is 0 Å². The molecule has 98 valence electrons. The van der Waals surface area contributed by atoms with E-state index in [1.165, 1.54) is 17.7 Å². The van der Waals surface area contributed by atoms with Gasteiger partial charge in [0.05, 0.1) is 5.69 Å². The maximum Gasteiger partial charge on any atom is 0.123 e. The first kappa shape index (κ1) is 14.5. The zero-order chi connectivity index (χ0) is 13.7. The van der Waals surface area contributed by atoms with Gasteiger partial charge in [0.15, 0.2) is 0 Å². The van der Waals surface area contributed by atoms with Crippen molar-refractivity contribution < 1.29 is 4.39 Å². The number of hydrogen-bond acceptors (Lipinski definition) is 2. The first-order valence-corrected chi connectivity index (χ1v) is 6.10. The highest BCUT2D eigenvalue weighted by molar-refractivity contribution is 5.52. The van der Waals surface area contributed by atoms with Crippen LogP contribution in [0, 0.1) is 5.82 Å². The lowest BCUT2D eigenvalue weighted by Crippen LogP contribution is -2.30. The topological polar surface area (TPSA) is 29.3 Å². The summed E-state index contributed by atoms with van der Waals surface area (Å²) in [5.41, 5.74) is 4.17. The number of hydrazine groups is 1. The minimum absolute atomic E-state index is 0.254. The van der Waals surface area contributed by atoms with E-state index in [2.05, 4.69) is 26.8 Å². The summed E-state index contributed by atoms with van der Waals surface area (Å²) in [5, 5.41) is 1.62. The lowest BCUT2D eigenvalue weighted by Gasteiger charge is -2.23. The fraction of sp³-hybridized carbons (Fsp3) is 0.333. The number of anilines is 1. The number of nitrogens with zero attached hydrogens (tertiary/aromatic N) is 1. The molecular weight excluding hydrogens is 227 g/mol. The van der Waals surface area contributed by atoms with Crippen LogP contribution in [0.3, 0.4) is 0 Å². The van der Waals surface area contributed by atoms with Gasteiger partial charge in [-0.25, -0.2) is 10.2 Å². The van der Waals surface area contributed by atoms with Crippen LogP contribution >= 0.6 is 0 Å². The second-order valence-corrected chi connectivity index (χ2v) is 4.55. The molecule has 0 unspecified atom stereocenters. The van der Waals surface area contributed by atoms with E-state index in [1.807, 2.05) is 6.92 Å². The van der Waals surface area contributed by atoms with E-state index < -0.39 is 0 Å². The SMILES string of the molecule is CC/C(=C(/C)C=C(C)C)N(N)c1ccc(F)cc1. The maximum atomic E-state index is 12.9. The van der Waals surface area contributed by atoms with Crippen LogP contribution in [-0.2, 0) is 0 Å². The quantitative estimate of drug-likeness (QED) is 0.492. The largest absolute Gasteiger partial charge is 0.284 e. The number of hydrogen-bond donors (Lipinski definition) is 1. The molecule has 0 atom stereocenters. The molecule has 0 heterocycles. The van der Waals surface area contributed by atoms with Gasteiger partial charge in [-0.3, -0.25) is 5.01 Å². The molecular formula is C15H21FN2. The van der Waals surface area contributed by atoms with Crippen molar-refractivity contribution in [1.29, 1.82) is 0 Å². The van der Waals surface area contributed by atoms with E-state index in [0.29, 0.717) is 0 Å². The van der Waals surface area contributed by atoms with E-state index in [-0.39, 0.29) is 5.82 Å². The Morgan fingerprint density at radius 3 is 2.22 bits per heavy atom. The fourth-order valence-corrected chi connectivity index (χ4v) is 1.91. The third kappa shape index (κ3) is 3.70. The summed E-state index contributed by atoms with van der Waals surface area (Å²) in [6, 6.07) is 6.19. The molecule has 0 fully saturated rings. The van der Waals surface area contributed by atoms with Gasteiger partial charge >= 0.3 is 0 Å². The monoisotopic (exact) mass is 248 g/mol.